The topological polar surface area (TPSA) is 38.8 Å². The van der Waals surface area contributed by atoms with Crippen molar-refractivity contribution in [3.63, 3.8) is 0 Å². The Hall–Kier alpha value is -0.830. The maximum absolute atomic E-state index is 11.4. The van der Waals surface area contributed by atoms with E-state index in [2.05, 4.69) is 6.58 Å². The molecule has 0 bridgehead atoms. The third-order valence-electron chi connectivity index (χ3n) is 5.21. The number of rotatable bonds is 4. The van der Waals surface area contributed by atoms with Crippen LogP contribution in [0.5, 0.6) is 0 Å². The molecule has 0 amide bonds. The van der Waals surface area contributed by atoms with E-state index in [1.807, 2.05) is 0 Å². The van der Waals surface area contributed by atoms with Crippen LogP contribution in [0.2, 0.25) is 0 Å². The van der Waals surface area contributed by atoms with Crippen LogP contribution in [-0.4, -0.2) is 24.3 Å². The molecule has 1 saturated heterocycles. The summed E-state index contributed by atoms with van der Waals surface area (Å²) in [6.45, 7) is 5.82. The van der Waals surface area contributed by atoms with Crippen LogP contribution in [-0.2, 0) is 14.3 Å². The van der Waals surface area contributed by atoms with Gasteiger partial charge in [0.2, 0.25) is 0 Å². The molecular weight excluding hydrogens is 228 g/mol. The molecule has 2 saturated carbocycles. The Kier molecular flexibility index (Phi) is 2.77. The summed E-state index contributed by atoms with van der Waals surface area (Å²) < 4.78 is 11.3. The van der Waals surface area contributed by atoms with Gasteiger partial charge in [-0.1, -0.05) is 19.4 Å². The lowest BCUT2D eigenvalue weighted by Gasteiger charge is -2.40. The van der Waals surface area contributed by atoms with Crippen LogP contribution in [0.15, 0.2) is 12.2 Å². The highest BCUT2D eigenvalue weighted by atomic mass is 16.6. The third-order valence-corrected chi connectivity index (χ3v) is 5.21. The van der Waals surface area contributed by atoms with Crippen molar-refractivity contribution >= 4 is 5.97 Å². The summed E-state index contributed by atoms with van der Waals surface area (Å²) in [5, 5.41) is 0. The normalized spacial score (nSPS) is 40.8. The molecule has 18 heavy (non-hydrogen) atoms. The van der Waals surface area contributed by atoms with Gasteiger partial charge in [0.05, 0.1) is 12.7 Å². The molecule has 100 valence electrons. The van der Waals surface area contributed by atoms with Gasteiger partial charge in [-0.3, -0.25) is 0 Å². The number of ether oxygens (including phenoxy) is 2. The molecule has 0 N–H and O–H groups in total. The van der Waals surface area contributed by atoms with E-state index in [-0.39, 0.29) is 11.6 Å². The first-order valence-corrected chi connectivity index (χ1v) is 7.10. The molecule has 3 fully saturated rings. The molecule has 1 heterocycles. The SMILES string of the molecule is C=C(C)C(=O)OCCC12CCCCC13OC3CC2. The fraction of sp³-hybridized carbons (Fsp3) is 0.800. The Morgan fingerprint density at radius 3 is 2.89 bits per heavy atom. The van der Waals surface area contributed by atoms with E-state index < -0.39 is 0 Å². The predicted molar refractivity (Wildman–Crippen MR) is 68.1 cm³/mol. The average molecular weight is 250 g/mol. The summed E-state index contributed by atoms with van der Waals surface area (Å²) in [7, 11) is 0. The van der Waals surface area contributed by atoms with Crippen LogP contribution >= 0.6 is 0 Å². The number of carbonyl (C=O) groups excluding carboxylic acids is 1. The van der Waals surface area contributed by atoms with E-state index in [1.165, 1.54) is 38.5 Å². The number of hydrogen-bond acceptors (Lipinski definition) is 3. The van der Waals surface area contributed by atoms with Gasteiger partial charge in [0.15, 0.2) is 0 Å². The van der Waals surface area contributed by atoms with Gasteiger partial charge in [-0.05, 0) is 39.0 Å². The summed E-state index contributed by atoms with van der Waals surface area (Å²) in [4.78, 5) is 11.4. The quantitative estimate of drug-likeness (QED) is 0.437. The first-order valence-electron chi connectivity index (χ1n) is 7.10. The highest BCUT2D eigenvalue weighted by Crippen LogP contribution is 2.68. The fourth-order valence-corrected chi connectivity index (χ4v) is 4.19. The minimum Gasteiger partial charge on any atom is -0.462 e. The van der Waals surface area contributed by atoms with E-state index in [0.29, 0.717) is 23.7 Å². The molecule has 3 atom stereocenters. The van der Waals surface area contributed by atoms with Crippen LogP contribution in [0.1, 0.15) is 51.9 Å². The Morgan fingerprint density at radius 1 is 1.39 bits per heavy atom. The highest BCUT2D eigenvalue weighted by Gasteiger charge is 2.72. The number of hydrogen-bond donors (Lipinski definition) is 0. The second-order valence-corrected chi connectivity index (χ2v) is 6.19. The zero-order valence-electron chi connectivity index (χ0n) is 11.2. The van der Waals surface area contributed by atoms with Gasteiger partial charge < -0.3 is 9.47 Å². The van der Waals surface area contributed by atoms with Crippen molar-refractivity contribution in [1.82, 2.24) is 0 Å². The van der Waals surface area contributed by atoms with Crippen molar-refractivity contribution in [2.45, 2.75) is 63.6 Å². The van der Waals surface area contributed by atoms with Crippen molar-refractivity contribution < 1.29 is 14.3 Å². The summed E-state index contributed by atoms with van der Waals surface area (Å²) in [6, 6.07) is 0. The Bertz CT molecular complexity index is 389. The highest BCUT2D eigenvalue weighted by molar-refractivity contribution is 5.86. The minimum atomic E-state index is -0.262. The van der Waals surface area contributed by atoms with Crippen molar-refractivity contribution in [2.75, 3.05) is 6.61 Å². The van der Waals surface area contributed by atoms with E-state index in [4.69, 9.17) is 9.47 Å². The van der Waals surface area contributed by atoms with E-state index in [9.17, 15) is 4.79 Å². The second-order valence-electron chi connectivity index (χ2n) is 6.19. The molecule has 3 unspecified atom stereocenters. The number of carbonyl (C=O) groups is 1. The van der Waals surface area contributed by atoms with Gasteiger partial charge >= 0.3 is 5.97 Å². The van der Waals surface area contributed by atoms with Crippen molar-refractivity contribution in [3.8, 4) is 0 Å². The lowest BCUT2D eigenvalue weighted by atomic mass is 9.65. The monoisotopic (exact) mass is 250 g/mol. The van der Waals surface area contributed by atoms with Crippen LogP contribution in [0.4, 0.5) is 0 Å². The standard InChI is InChI=1S/C15H22O3/c1-11(2)13(16)17-10-9-14-6-3-4-7-15(14)12(18-15)5-8-14/h12H,1,3-10H2,2H3. The molecule has 1 aliphatic heterocycles. The molecule has 1 spiro atoms. The molecule has 0 aromatic rings. The van der Waals surface area contributed by atoms with Crippen LogP contribution in [0, 0.1) is 5.41 Å². The van der Waals surface area contributed by atoms with Gasteiger partial charge in [-0.25, -0.2) is 4.79 Å². The largest absolute Gasteiger partial charge is 0.462 e. The molecule has 3 nitrogen and oxygen atoms in total. The molecule has 2 aliphatic carbocycles. The first kappa shape index (κ1) is 12.2. The number of epoxide rings is 1. The first-order chi connectivity index (χ1) is 8.60. The van der Waals surface area contributed by atoms with Gasteiger partial charge in [0, 0.05) is 11.0 Å². The van der Waals surface area contributed by atoms with Crippen molar-refractivity contribution in [3.05, 3.63) is 12.2 Å². The Balaban J connectivity index is 1.61. The fourth-order valence-electron chi connectivity index (χ4n) is 4.19. The second kappa shape index (κ2) is 4.09. The van der Waals surface area contributed by atoms with Gasteiger partial charge in [-0.15, -0.1) is 0 Å². The van der Waals surface area contributed by atoms with Crippen LogP contribution in [0.25, 0.3) is 0 Å². The molecular formula is C15H22O3. The summed E-state index contributed by atoms with van der Waals surface area (Å²) >= 11 is 0. The van der Waals surface area contributed by atoms with Gasteiger partial charge in [0.1, 0.15) is 5.60 Å². The van der Waals surface area contributed by atoms with Gasteiger partial charge in [-0.2, -0.15) is 0 Å². The van der Waals surface area contributed by atoms with E-state index in [1.54, 1.807) is 6.92 Å². The van der Waals surface area contributed by atoms with E-state index >= 15 is 0 Å². The maximum Gasteiger partial charge on any atom is 0.333 e. The Labute approximate surface area is 109 Å². The third kappa shape index (κ3) is 1.63. The van der Waals surface area contributed by atoms with Crippen molar-refractivity contribution in [1.29, 1.82) is 0 Å². The summed E-state index contributed by atoms with van der Waals surface area (Å²) in [6.07, 6.45) is 8.98. The van der Waals surface area contributed by atoms with Crippen LogP contribution in [0.3, 0.4) is 0 Å². The zero-order chi connectivity index (χ0) is 12.8. The molecule has 3 aliphatic rings. The zero-order valence-corrected chi connectivity index (χ0v) is 11.2. The summed E-state index contributed by atoms with van der Waals surface area (Å²) in [5.74, 6) is -0.262. The Morgan fingerprint density at radius 2 is 2.17 bits per heavy atom. The average Bonchev–Trinajstić information content (AvgIpc) is 2.97. The van der Waals surface area contributed by atoms with Crippen LogP contribution < -0.4 is 0 Å². The molecule has 3 heteroatoms. The molecule has 3 rings (SSSR count). The molecule has 0 radical (unpaired) electrons. The lowest BCUT2D eigenvalue weighted by molar-refractivity contribution is -0.140. The van der Waals surface area contributed by atoms with E-state index in [0.717, 1.165) is 6.42 Å². The van der Waals surface area contributed by atoms with Crippen molar-refractivity contribution in [2.24, 2.45) is 5.41 Å². The molecule has 0 aromatic heterocycles. The van der Waals surface area contributed by atoms with Gasteiger partial charge in [0.25, 0.3) is 0 Å². The molecule has 0 aromatic carbocycles. The maximum atomic E-state index is 11.4. The predicted octanol–water partition coefficient (Wildman–Crippen LogP) is 2.99. The summed E-state index contributed by atoms with van der Waals surface area (Å²) in [5.41, 5.74) is 0.949. The number of esters is 1. The smallest absolute Gasteiger partial charge is 0.333 e. The lowest BCUT2D eigenvalue weighted by Crippen LogP contribution is -2.40. The minimum absolute atomic E-state index is 0.168.